The molecular weight excluding hydrogens is 436 g/mol. The van der Waals surface area contributed by atoms with Gasteiger partial charge in [0.25, 0.3) is 0 Å². The molecule has 0 bridgehead atoms. The van der Waals surface area contributed by atoms with Crippen molar-refractivity contribution in [3.05, 3.63) is 18.5 Å². The zero-order valence-electron chi connectivity index (χ0n) is 20.5. The van der Waals surface area contributed by atoms with E-state index in [9.17, 15) is 4.79 Å². The maximum Gasteiger partial charge on any atom is 0.314 e. The van der Waals surface area contributed by atoms with Crippen LogP contribution in [0.3, 0.4) is 0 Å². The number of amides is 2. The first-order valence-corrected chi connectivity index (χ1v) is 12.2. The van der Waals surface area contributed by atoms with Crippen LogP contribution < -0.4 is 20.7 Å². The molecule has 10 nitrogen and oxygen atoms in total. The first-order valence-electron chi connectivity index (χ1n) is 12.2. The Labute approximate surface area is 201 Å². The van der Waals surface area contributed by atoms with Crippen LogP contribution in [0.15, 0.2) is 18.5 Å². The summed E-state index contributed by atoms with van der Waals surface area (Å²) < 4.78 is 16.5. The number of carbonyl (C=O) groups excluding carboxylic acids is 1. The molecule has 2 amide bonds. The average Bonchev–Trinajstić information content (AvgIpc) is 2.86. The van der Waals surface area contributed by atoms with Gasteiger partial charge in [0.2, 0.25) is 11.8 Å². The number of ether oxygens (including phenoxy) is 3. The molecule has 1 aliphatic carbocycles. The lowest BCUT2D eigenvalue weighted by Gasteiger charge is -2.23. The highest BCUT2D eigenvalue weighted by molar-refractivity contribution is 5.83. The van der Waals surface area contributed by atoms with Gasteiger partial charge in [-0.05, 0) is 25.8 Å². The molecular formula is C24H38N6O4. The smallest absolute Gasteiger partial charge is 0.314 e. The van der Waals surface area contributed by atoms with E-state index < -0.39 is 0 Å². The SMILES string of the molecule is CNC(=O)NC1CCCCC1.COCC(C)Nc1ncc2c(OC3CCOCC3)nccc2n1. The lowest BCUT2D eigenvalue weighted by Crippen LogP contribution is -2.41. The number of nitrogens with one attached hydrogen (secondary N) is 3. The Bertz CT molecular complexity index is 887. The first-order chi connectivity index (χ1) is 16.6. The summed E-state index contributed by atoms with van der Waals surface area (Å²) in [6.45, 7) is 4.08. The summed E-state index contributed by atoms with van der Waals surface area (Å²) >= 11 is 0. The fourth-order valence-corrected chi connectivity index (χ4v) is 4.06. The minimum absolute atomic E-state index is 0.0445. The number of anilines is 1. The Hall–Kier alpha value is -2.72. The Morgan fingerprint density at radius 3 is 2.65 bits per heavy atom. The second-order valence-electron chi connectivity index (χ2n) is 8.73. The summed E-state index contributed by atoms with van der Waals surface area (Å²) in [6.07, 6.45) is 11.5. The van der Waals surface area contributed by atoms with E-state index in [-0.39, 0.29) is 18.2 Å². The fraction of sp³-hybridized carbons (Fsp3) is 0.667. The number of urea groups is 1. The molecule has 0 spiro atoms. The van der Waals surface area contributed by atoms with E-state index in [1.54, 1.807) is 26.6 Å². The maximum absolute atomic E-state index is 10.9. The molecule has 188 valence electrons. The van der Waals surface area contributed by atoms with Gasteiger partial charge in [-0.1, -0.05) is 19.3 Å². The zero-order chi connectivity index (χ0) is 24.2. The van der Waals surface area contributed by atoms with Crippen molar-refractivity contribution in [1.29, 1.82) is 0 Å². The van der Waals surface area contributed by atoms with E-state index in [1.165, 1.54) is 19.3 Å². The van der Waals surface area contributed by atoms with Crippen LogP contribution in [0.2, 0.25) is 0 Å². The topological polar surface area (TPSA) is 120 Å². The fourth-order valence-electron chi connectivity index (χ4n) is 4.06. The molecule has 1 saturated carbocycles. The maximum atomic E-state index is 10.9. The summed E-state index contributed by atoms with van der Waals surface area (Å²) in [5.74, 6) is 1.16. The Morgan fingerprint density at radius 1 is 1.18 bits per heavy atom. The number of fused-ring (bicyclic) bond motifs is 1. The van der Waals surface area contributed by atoms with Crippen LogP contribution >= 0.6 is 0 Å². The van der Waals surface area contributed by atoms with E-state index >= 15 is 0 Å². The van der Waals surface area contributed by atoms with Crippen LogP contribution in [0, 0.1) is 0 Å². The van der Waals surface area contributed by atoms with Gasteiger partial charge in [-0.25, -0.2) is 19.7 Å². The second kappa shape index (κ2) is 13.9. The molecule has 2 aromatic rings. The Morgan fingerprint density at radius 2 is 1.94 bits per heavy atom. The van der Waals surface area contributed by atoms with E-state index in [1.807, 2.05) is 13.0 Å². The average molecular weight is 475 g/mol. The van der Waals surface area contributed by atoms with Crippen molar-refractivity contribution in [2.24, 2.45) is 0 Å². The molecule has 2 aliphatic rings. The summed E-state index contributed by atoms with van der Waals surface area (Å²) in [5, 5.41) is 9.51. The largest absolute Gasteiger partial charge is 0.474 e. The van der Waals surface area contributed by atoms with Crippen molar-refractivity contribution < 1.29 is 19.0 Å². The standard InChI is InChI=1S/C16H22N4O3.C8H16N2O/c1-11(10-21-2)19-16-18-9-13-14(20-16)3-6-17-15(13)23-12-4-7-22-8-5-12;1-9-8(11)10-7-5-3-2-4-6-7/h3,6,9,11-12H,4-5,7-8,10H2,1-2H3,(H,18,19,20);7H,2-6H2,1H3,(H2,9,10,11). The van der Waals surface area contributed by atoms with Crippen molar-refractivity contribution >= 4 is 22.9 Å². The minimum Gasteiger partial charge on any atom is -0.474 e. The highest BCUT2D eigenvalue weighted by Crippen LogP contribution is 2.25. The third-order valence-corrected chi connectivity index (χ3v) is 5.88. The molecule has 1 saturated heterocycles. The van der Waals surface area contributed by atoms with Gasteiger partial charge in [0.15, 0.2) is 0 Å². The molecule has 1 unspecified atom stereocenters. The van der Waals surface area contributed by atoms with Crippen LogP contribution in [0.1, 0.15) is 51.9 Å². The van der Waals surface area contributed by atoms with Gasteiger partial charge >= 0.3 is 6.03 Å². The number of pyridine rings is 1. The number of hydrogen-bond donors (Lipinski definition) is 3. The molecule has 1 aliphatic heterocycles. The van der Waals surface area contributed by atoms with E-state index in [4.69, 9.17) is 14.2 Å². The molecule has 1 atom stereocenters. The molecule has 0 aromatic carbocycles. The number of rotatable bonds is 7. The summed E-state index contributed by atoms with van der Waals surface area (Å²) in [4.78, 5) is 24.1. The Kier molecular flexibility index (Phi) is 10.6. The lowest BCUT2D eigenvalue weighted by atomic mass is 9.96. The van der Waals surface area contributed by atoms with Gasteiger partial charge in [-0.2, -0.15) is 0 Å². The molecule has 3 N–H and O–H groups in total. The number of carbonyl (C=O) groups is 1. The van der Waals surface area contributed by atoms with Gasteiger partial charge < -0.3 is 30.2 Å². The number of methoxy groups -OCH3 is 1. The lowest BCUT2D eigenvalue weighted by molar-refractivity contribution is 0.0244. The van der Waals surface area contributed by atoms with Crippen LogP contribution in [0.25, 0.3) is 10.9 Å². The van der Waals surface area contributed by atoms with E-state index in [0.717, 1.165) is 49.8 Å². The van der Waals surface area contributed by atoms with Crippen molar-refractivity contribution in [2.45, 2.75) is 70.1 Å². The van der Waals surface area contributed by atoms with Crippen LogP contribution in [-0.4, -0.2) is 73.1 Å². The van der Waals surface area contributed by atoms with Gasteiger partial charge in [0, 0.05) is 51.5 Å². The van der Waals surface area contributed by atoms with Crippen LogP contribution in [0.5, 0.6) is 5.88 Å². The summed E-state index contributed by atoms with van der Waals surface area (Å²) in [6, 6.07) is 2.37. The number of aromatic nitrogens is 3. The van der Waals surface area contributed by atoms with E-state index in [0.29, 0.717) is 24.5 Å². The van der Waals surface area contributed by atoms with Crippen LogP contribution in [0.4, 0.5) is 10.7 Å². The predicted octanol–water partition coefficient (Wildman–Crippen LogP) is 3.28. The first kappa shape index (κ1) is 25.9. The van der Waals surface area contributed by atoms with Gasteiger partial charge in [0.1, 0.15) is 6.10 Å². The molecule has 34 heavy (non-hydrogen) atoms. The highest BCUT2D eigenvalue weighted by atomic mass is 16.5. The van der Waals surface area contributed by atoms with Gasteiger partial charge in [-0.15, -0.1) is 0 Å². The van der Waals surface area contributed by atoms with Crippen molar-refractivity contribution in [2.75, 3.05) is 39.3 Å². The third kappa shape index (κ3) is 8.25. The molecule has 4 rings (SSSR count). The highest BCUT2D eigenvalue weighted by Gasteiger charge is 2.18. The van der Waals surface area contributed by atoms with Gasteiger partial charge in [0.05, 0.1) is 30.7 Å². The predicted molar refractivity (Wildman–Crippen MR) is 131 cm³/mol. The third-order valence-electron chi connectivity index (χ3n) is 5.88. The number of nitrogens with zero attached hydrogens (tertiary/aromatic N) is 3. The van der Waals surface area contributed by atoms with Crippen molar-refractivity contribution in [3.63, 3.8) is 0 Å². The Balaban J connectivity index is 0.000000248. The normalized spacial score (nSPS) is 17.9. The van der Waals surface area contributed by atoms with Gasteiger partial charge in [-0.3, -0.25) is 0 Å². The molecule has 2 fully saturated rings. The molecule has 0 radical (unpaired) electrons. The van der Waals surface area contributed by atoms with Crippen molar-refractivity contribution in [3.8, 4) is 5.88 Å². The minimum atomic E-state index is -0.0445. The van der Waals surface area contributed by atoms with E-state index in [2.05, 4.69) is 30.9 Å². The number of hydrogen-bond acceptors (Lipinski definition) is 8. The molecule has 10 heteroatoms. The van der Waals surface area contributed by atoms with Crippen molar-refractivity contribution in [1.82, 2.24) is 25.6 Å². The summed E-state index contributed by atoms with van der Waals surface area (Å²) in [5.41, 5.74) is 0.809. The zero-order valence-corrected chi connectivity index (χ0v) is 20.5. The second-order valence-corrected chi connectivity index (χ2v) is 8.73. The van der Waals surface area contributed by atoms with Crippen LogP contribution in [-0.2, 0) is 9.47 Å². The quantitative estimate of drug-likeness (QED) is 0.559. The monoisotopic (exact) mass is 474 g/mol. The molecule has 3 heterocycles. The molecule has 2 aromatic heterocycles. The summed E-state index contributed by atoms with van der Waals surface area (Å²) in [7, 11) is 3.32.